The van der Waals surface area contributed by atoms with Gasteiger partial charge in [-0.1, -0.05) is 11.6 Å². The van der Waals surface area contributed by atoms with Gasteiger partial charge in [-0.05, 0) is 46.3 Å². The van der Waals surface area contributed by atoms with Crippen molar-refractivity contribution in [3.8, 4) is 0 Å². The number of carbonyl (C=O) groups excluding carboxylic acids is 1. The molecule has 1 heterocycles. The van der Waals surface area contributed by atoms with E-state index in [0.29, 0.717) is 18.6 Å². The Morgan fingerprint density at radius 1 is 1.40 bits per heavy atom. The van der Waals surface area contributed by atoms with Crippen LogP contribution in [0.3, 0.4) is 0 Å². The molecule has 1 aliphatic carbocycles. The maximum atomic E-state index is 11.5. The topological polar surface area (TPSA) is 68.3 Å². The second kappa shape index (κ2) is 7.99. The minimum Gasteiger partial charge on any atom is -0.460 e. The lowest BCUT2D eigenvalue weighted by atomic mass is 9.66. The van der Waals surface area contributed by atoms with E-state index in [0.717, 1.165) is 6.42 Å². The van der Waals surface area contributed by atoms with E-state index in [1.807, 2.05) is 6.26 Å². The first-order valence-corrected chi connectivity index (χ1v) is 10.3. The standard InChI is InChI=1S/C19H32O5S/c1-12(2)7-8-15-18(4,24-15)17-16(22-5)14(23-13(3)20)9-10-19(17,21)11-25-6/h7,14-17,21H,8-11H2,1-6H3. The lowest BCUT2D eigenvalue weighted by molar-refractivity contribution is -0.190. The molecule has 6 atom stereocenters. The Labute approximate surface area is 155 Å². The van der Waals surface area contributed by atoms with Gasteiger partial charge in [0.05, 0.1) is 11.7 Å². The lowest BCUT2D eigenvalue weighted by Gasteiger charge is -2.48. The van der Waals surface area contributed by atoms with Crippen molar-refractivity contribution in [3.05, 3.63) is 11.6 Å². The van der Waals surface area contributed by atoms with E-state index in [4.69, 9.17) is 14.2 Å². The van der Waals surface area contributed by atoms with Gasteiger partial charge in [0.1, 0.15) is 17.8 Å². The molecule has 0 aromatic carbocycles. The van der Waals surface area contributed by atoms with Crippen molar-refractivity contribution < 1.29 is 24.1 Å². The van der Waals surface area contributed by atoms with Crippen molar-refractivity contribution in [2.45, 2.75) is 76.5 Å². The van der Waals surface area contributed by atoms with Crippen LogP contribution >= 0.6 is 11.8 Å². The smallest absolute Gasteiger partial charge is 0.302 e. The Bertz CT molecular complexity index is 518. The number of ether oxygens (including phenoxy) is 3. The van der Waals surface area contributed by atoms with Gasteiger partial charge >= 0.3 is 5.97 Å². The molecule has 1 saturated carbocycles. The highest BCUT2D eigenvalue weighted by atomic mass is 32.2. The number of aliphatic hydroxyl groups is 1. The van der Waals surface area contributed by atoms with Crippen molar-refractivity contribution in [2.24, 2.45) is 5.92 Å². The highest BCUT2D eigenvalue weighted by molar-refractivity contribution is 7.98. The normalized spacial score (nSPS) is 40.4. The first kappa shape index (κ1) is 20.7. The first-order chi connectivity index (χ1) is 11.7. The minimum absolute atomic E-state index is 0.0505. The molecular weight excluding hydrogens is 340 g/mol. The molecular formula is C19H32O5S. The van der Waals surface area contributed by atoms with Crippen molar-refractivity contribution in [1.82, 2.24) is 0 Å². The number of hydrogen-bond acceptors (Lipinski definition) is 6. The minimum atomic E-state index is -0.898. The van der Waals surface area contributed by atoms with Gasteiger partial charge in [-0.15, -0.1) is 0 Å². The average molecular weight is 373 g/mol. The van der Waals surface area contributed by atoms with Gasteiger partial charge in [0.25, 0.3) is 0 Å². The average Bonchev–Trinajstić information content (AvgIpc) is 3.17. The molecule has 6 heteroatoms. The van der Waals surface area contributed by atoms with Gasteiger partial charge in [0, 0.05) is 25.7 Å². The molecule has 144 valence electrons. The van der Waals surface area contributed by atoms with Crippen molar-refractivity contribution in [1.29, 1.82) is 0 Å². The number of carbonyl (C=O) groups is 1. The molecule has 0 amide bonds. The van der Waals surface area contributed by atoms with Crippen LogP contribution in [0, 0.1) is 5.92 Å². The van der Waals surface area contributed by atoms with Crippen LogP contribution < -0.4 is 0 Å². The van der Waals surface area contributed by atoms with Crippen LogP contribution in [0.4, 0.5) is 0 Å². The molecule has 1 saturated heterocycles. The van der Waals surface area contributed by atoms with E-state index in [2.05, 4.69) is 26.8 Å². The van der Waals surface area contributed by atoms with E-state index in [9.17, 15) is 9.90 Å². The lowest BCUT2D eigenvalue weighted by Crippen LogP contribution is -2.61. The molecule has 0 aromatic heterocycles. The Balaban J connectivity index is 2.29. The van der Waals surface area contributed by atoms with Gasteiger partial charge in [0.15, 0.2) is 0 Å². The molecule has 1 N–H and O–H groups in total. The van der Waals surface area contributed by atoms with E-state index in [-0.39, 0.29) is 30.2 Å². The molecule has 2 rings (SSSR count). The summed E-state index contributed by atoms with van der Waals surface area (Å²) in [5, 5.41) is 11.4. The molecule has 6 unspecified atom stereocenters. The monoisotopic (exact) mass is 372 g/mol. The Morgan fingerprint density at radius 3 is 2.60 bits per heavy atom. The summed E-state index contributed by atoms with van der Waals surface area (Å²) in [5.74, 6) is 0.0497. The van der Waals surface area contributed by atoms with E-state index >= 15 is 0 Å². The maximum Gasteiger partial charge on any atom is 0.302 e. The van der Waals surface area contributed by atoms with Crippen LogP contribution in [0.15, 0.2) is 11.6 Å². The van der Waals surface area contributed by atoms with E-state index in [1.54, 1.807) is 18.9 Å². The summed E-state index contributed by atoms with van der Waals surface area (Å²) in [7, 11) is 1.62. The first-order valence-electron chi connectivity index (χ1n) is 8.90. The molecule has 0 bridgehead atoms. The molecule has 2 fully saturated rings. The van der Waals surface area contributed by atoms with Gasteiger partial charge in [0.2, 0.25) is 0 Å². The third kappa shape index (κ3) is 4.41. The SMILES string of the molecule is COC1C(OC(C)=O)CCC(O)(CSC)C1C1(C)OC1CC=C(C)C. The number of esters is 1. The van der Waals surface area contributed by atoms with Crippen LogP contribution in [-0.4, -0.2) is 59.7 Å². The van der Waals surface area contributed by atoms with Crippen molar-refractivity contribution in [3.63, 3.8) is 0 Å². The van der Waals surface area contributed by atoms with Crippen LogP contribution in [0.1, 0.15) is 47.0 Å². The molecule has 1 aliphatic heterocycles. The fourth-order valence-electron chi connectivity index (χ4n) is 4.30. The van der Waals surface area contributed by atoms with E-state index < -0.39 is 11.2 Å². The quantitative estimate of drug-likeness (QED) is 0.421. The van der Waals surface area contributed by atoms with Gasteiger partial charge in [-0.25, -0.2) is 0 Å². The predicted octanol–water partition coefficient (Wildman–Crippen LogP) is 2.95. The molecule has 0 radical (unpaired) electrons. The van der Waals surface area contributed by atoms with Crippen LogP contribution in [-0.2, 0) is 19.0 Å². The molecule has 5 nitrogen and oxygen atoms in total. The zero-order chi connectivity index (χ0) is 18.8. The zero-order valence-electron chi connectivity index (χ0n) is 16.2. The molecule has 0 aromatic rings. The number of epoxide rings is 1. The van der Waals surface area contributed by atoms with Crippen molar-refractivity contribution in [2.75, 3.05) is 19.1 Å². The highest BCUT2D eigenvalue weighted by Gasteiger charge is 2.67. The summed E-state index contributed by atoms with van der Waals surface area (Å²) in [6, 6.07) is 0. The molecule has 2 aliphatic rings. The predicted molar refractivity (Wildman–Crippen MR) is 99.7 cm³/mol. The highest BCUT2D eigenvalue weighted by Crippen LogP contribution is 2.55. The van der Waals surface area contributed by atoms with Gasteiger partial charge in [-0.3, -0.25) is 4.79 Å². The fraction of sp³-hybridized carbons (Fsp3) is 0.842. The van der Waals surface area contributed by atoms with Gasteiger partial charge in [-0.2, -0.15) is 11.8 Å². The number of thioether (sulfide) groups is 1. The summed E-state index contributed by atoms with van der Waals surface area (Å²) in [4.78, 5) is 11.5. The zero-order valence-corrected chi connectivity index (χ0v) is 17.0. The molecule has 25 heavy (non-hydrogen) atoms. The Hall–Kier alpha value is -0.560. The molecule has 0 spiro atoms. The number of methoxy groups -OCH3 is 1. The Kier molecular flexibility index (Phi) is 6.63. The summed E-state index contributed by atoms with van der Waals surface area (Å²) < 4.78 is 17.3. The fourth-order valence-corrected chi connectivity index (χ4v) is 5.13. The second-order valence-electron chi connectivity index (χ2n) is 7.71. The summed E-state index contributed by atoms with van der Waals surface area (Å²) in [5.41, 5.74) is -0.122. The number of hydrogen-bond donors (Lipinski definition) is 1. The van der Waals surface area contributed by atoms with Crippen LogP contribution in [0.25, 0.3) is 0 Å². The summed E-state index contributed by atoms with van der Waals surface area (Å²) in [6.07, 6.45) is 5.47. The third-order valence-corrected chi connectivity index (χ3v) is 6.24. The second-order valence-corrected chi connectivity index (χ2v) is 8.57. The summed E-state index contributed by atoms with van der Waals surface area (Å²) in [6.45, 7) is 7.60. The Morgan fingerprint density at radius 2 is 2.08 bits per heavy atom. The third-order valence-electron chi connectivity index (χ3n) is 5.46. The summed E-state index contributed by atoms with van der Waals surface area (Å²) >= 11 is 1.62. The largest absolute Gasteiger partial charge is 0.460 e. The number of allylic oxidation sites excluding steroid dienone is 1. The van der Waals surface area contributed by atoms with Crippen LogP contribution in [0.2, 0.25) is 0 Å². The van der Waals surface area contributed by atoms with Gasteiger partial charge < -0.3 is 19.3 Å². The number of rotatable bonds is 7. The van der Waals surface area contributed by atoms with Crippen molar-refractivity contribution >= 4 is 17.7 Å². The van der Waals surface area contributed by atoms with E-state index in [1.165, 1.54) is 12.5 Å². The van der Waals surface area contributed by atoms with Crippen LogP contribution in [0.5, 0.6) is 0 Å². The maximum absolute atomic E-state index is 11.5.